The van der Waals surface area contributed by atoms with Gasteiger partial charge in [-0.25, -0.2) is 4.98 Å². The van der Waals surface area contributed by atoms with E-state index in [1.807, 2.05) is 30.3 Å². The molecule has 1 aliphatic heterocycles. The molecule has 1 aromatic heterocycles. The third kappa shape index (κ3) is 2.31. The lowest BCUT2D eigenvalue weighted by atomic mass is 10.1. The van der Waals surface area contributed by atoms with Gasteiger partial charge in [0.25, 0.3) is 5.91 Å². The Bertz CT molecular complexity index is 637. The van der Waals surface area contributed by atoms with Gasteiger partial charge in [-0.15, -0.1) is 0 Å². The van der Waals surface area contributed by atoms with E-state index in [9.17, 15) is 9.90 Å². The first-order chi connectivity index (χ1) is 9.05. The summed E-state index contributed by atoms with van der Waals surface area (Å²) in [4.78, 5) is 18.4. The monoisotopic (exact) mass is 256 g/mol. The number of carbonyl (C=O) groups is 1. The maximum atomic E-state index is 12.3. The van der Waals surface area contributed by atoms with Crippen molar-refractivity contribution in [2.75, 3.05) is 13.1 Å². The van der Waals surface area contributed by atoms with E-state index in [0.29, 0.717) is 25.2 Å². The number of β-amino-alcohol motifs (C(OH)–C–C–N with tert-alkyl or cyclic N) is 1. The molecule has 1 fully saturated rings. The minimum absolute atomic E-state index is 0.108. The maximum absolute atomic E-state index is 12.3. The van der Waals surface area contributed by atoms with Crippen molar-refractivity contribution in [2.45, 2.75) is 18.9 Å². The van der Waals surface area contributed by atoms with Gasteiger partial charge in [-0.05, 0) is 25.5 Å². The van der Waals surface area contributed by atoms with E-state index >= 15 is 0 Å². The first-order valence-electron chi connectivity index (χ1n) is 6.43. The van der Waals surface area contributed by atoms with Gasteiger partial charge >= 0.3 is 0 Å². The van der Waals surface area contributed by atoms with E-state index in [4.69, 9.17) is 0 Å². The quantitative estimate of drug-likeness (QED) is 0.847. The highest BCUT2D eigenvalue weighted by Crippen LogP contribution is 2.22. The van der Waals surface area contributed by atoms with Crippen molar-refractivity contribution in [1.82, 2.24) is 9.88 Å². The Morgan fingerprint density at radius 2 is 2.11 bits per heavy atom. The Morgan fingerprint density at radius 1 is 1.32 bits per heavy atom. The Hall–Kier alpha value is -1.94. The SMILES string of the molecule is CC1(O)CCN(C(=O)c2ccc3ccccc3n2)C1. The van der Waals surface area contributed by atoms with Crippen molar-refractivity contribution < 1.29 is 9.90 Å². The van der Waals surface area contributed by atoms with Crippen LogP contribution < -0.4 is 0 Å². The number of hydrogen-bond acceptors (Lipinski definition) is 3. The number of amides is 1. The predicted octanol–water partition coefficient (Wildman–Crippen LogP) is 1.83. The van der Waals surface area contributed by atoms with Crippen LogP contribution in [0.15, 0.2) is 36.4 Å². The Kier molecular flexibility index (Phi) is 2.75. The Labute approximate surface area is 111 Å². The van der Waals surface area contributed by atoms with E-state index in [2.05, 4.69) is 4.98 Å². The summed E-state index contributed by atoms with van der Waals surface area (Å²) in [7, 11) is 0. The molecular weight excluding hydrogens is 240 g/mol. The smallest absolute Gasteiger partial charge is 0.272 e. The summed E-state index contributed by atoms with van der Waals surface area (Å²) in [6.07, 6.45) is 0.617. The van der Waals surface area contributed by atoms with Gasteiger partial charge in [-0.2, -0.15) is 0 Å². The predicted molar refractivity (Wildman–Crippen MR) is 72.9 cm³/mol. The molecule has 1 aromatic carbocycles. The van der Waals surface area contributed by atoms with Crippen LogP contribution in [0.2, 0.25) is 0 Å². The molecule has 0 saturated carbocycles. The highest BCUT2D eigenvalue weighted by molar-refractivity contribution is 5.95. The largest absolute Gasteiger partial charge is 0.388 e. The molecule has 19 heavy (non-hydrogen) atoms. The van der Waals surface area contributed by atoms with Crippen LogP contribution in [-0.2, 0) is 0 Å². The fraction of sp³-hybridized carbons (Fsp3) is 0.333. The molecule has 4 nitrogen and oxygen atoms in total. The average molecular weight is 256 g/mol. The summed E-state index contributed by atoms with van der Waals surface area (Å²) in [5.74, 6) is -0.108. The Balaban J connectivity index is 1.90. The summed E-state index contributed by atoms with van der Waals surface area (Å²) in [5, 5.41) is 10.9. The van der Waals surface area contributed by atoms with E-state index in [-0.39, 0.29) is 5.91 Å². The number of likely N-dealkylation sites (tertiary alicyclic amines) is 1. The molecule has 0 aliphatic carbocycles. The molecule has 2 heterocycles. The van der Waals surface area contributed by atoms with Gasteiger partial charge in [-0.1, -0.05) is 24.3 Å². The van der Waals surface area contributed by atoms with E-state index < -0.39 is 5.60 Å². The van der Waals surface area contributed by atoms with E-state index in [1.54, 1.807) is 17.9 Å². The Morgan fingerprint density at radius 3 is 2.84 bits per heavy atom. The number of nitrogens with zero attached hydrogens (tertiary/aromatic N) is 2. The molecule has 1 N–H and O–H groups in total. The zero-order valence-electron chi connectivity index (χ0n) is 10.8. The van der Waals surface area contributed by atoms with Crippen LogP contribution in [0, 0.1) is 0 Å². The molecule has 1 aliphatic rings. The van der Waals surface area contributed by atoms with Gasteiger partial charge in [0, 0.05) is 18.5 Å². The summed E-state index contributed by atoms with van der Waals surface area (Å²) in [5.41, 5.74) is 0.489. The van der Waals surface area contributed by atoms with Crippen LogP contribution in [0.1, 0.15) is 23.8 Å². The van der Waals surface area contributed by atoms with Gasteiger partial charge in [0.2, 0.25) is 0 Å². The molecule has 2 aromatic rings. The minimum atomic E-state index is -0.771. The molecule has 1 atom stereocenters. The lowest BCUT2D eigenvalue weighted by Gasteiger charge is -2.18. The number of aliphatic hydroxyl groups is 1. The van der Waals surface area contributed by atoms with Gasteiger partial charge in [0.1, 0.15) is 5.69 Å². The number of fused-ring (bicyclic) bond motifs is 1. The van der Waals surface area contributed by atoms with Gasteiger partial charge in [-0.3, -0.25) is 4.79 Å². The summed E-state index contributed by atoms with van der Waals surface area (Å²) in [6.45, 7) is 2.72. The molecule has 3 rings (SSSR count). The number of para-hydroxylation sites is 1. The number of aromatic nitrogens is 1. The molecule has 0 radical (unpaired) electrons. The molecular formula is C15H16N2O2. The number of rotatable bonds is 1. The van der Waals surface area contributed by atoms with Crippen molar-refractivity contribution >= 4 is 16.8 Å². The lowest BCUT2D eigenvalue weighted by Crippen LogP contribution is -2.34. The summed E-state index contributed by atoms with van der Waals surface area (Å²) >= 11 is 0. The number of pyridine rings is 1. The van der Waals surface area contributed by atoms with Crippen molar-refractivity contribution in [1.29, 1.82) is 0 Å². The number of carbonyl (C=O) groups excluding carboxylic acids is 1. The standard InChI is InChI=1S/C15H16N2O2/c1-15(19)8-9-17(10-15)14(18)13-7-6-11-4-2-3-5-12(11)16-13/h2-7,19H,8-10H2,1H3. The highest BCUT2D eigenvalue weighted by Gasteiger charge is 2.34. The highest BCUT2D eigenvalue weighted by atomic mass is 16.3. The third-order valence-electron chi connectivity index (χ3n) is 3.56. The molecule has 1 unspecified atom stereocenters. The van der Waals surface area contributed by atoms with Crippen LogP contribution >= 0.6 is 0 Å². The molecule has 0 spiro atoms. The molecule has 0 bridgehead atoms. The number of benzene rings is 1. The van der Waals surface area contributed by atoms with Gasteiger partial charge in [0.05, 0.1) is 11.1 Å². The van der Waals surface area contributed by atoms with Crippen LogP contribution in [0.4, 0.5) is 0 Å². The van der Waals surface area contributed by atoms with Gasteiger partial charge < -0.3 is 10.0 Å². The van der Waals surface area contributed by atoms with Crippen molar-refractivity contribution in [3.63, 3.8) is 0 Å². The second-order valence-corrected chi connectivity index (χ2v) is 5.36. The first kappa shape index (κ1) is 12.1. The van der Waals surface area contributed by atoms with Crippen LogP contribution in [0.3, 0.4) is 0 Å². The van der Waals surface area contributed by atoms with Crippen LogP contribution in [-0.4, -0.2) is 39.6 Å². The maximum Gasteiger partial charge on any atom is 0.272 e. The normalized spacial score (nSPS) is 22.9. The molecule has 98 valence electrons. The summed E-state index contributed by atoms with van der Waals surface area (Å²) in [6, 6.07) is 11.4. The number of hydrogen-bond donors (Lipinski definition) is 1. The summed E-state index contributed by atoms with van der Waals surface area (Å²) < 4.78 is 0. The van der Waals surface area contributed by atoms with Crippen LogP contribution in [0.25, 0.3) is 10.9 Å². The second kappa shape index (κ2) is 4.31. The zero-order chi connectivity index (χ0) is 13.5. The zero-order valence-corrected chi connectivity index (χ0v) is 10.8. The molecule has 1 amide bonds. The molecule has 4 heteroatoms. The second-order valence-electron chi connectivity index (χ2n) is 5.36. The van der Waals surface area contributed by atoms with Crippen molar-refractivity contribution in [3.05, 3.63) is 42.1 Å². The van der Waals surface area contributed by atoms with Crippen molar-refractivity contribution in [2.24, 2.45) is 0 Å². The first-order valence-corrected chi connectivity index (χ1v) is 6.43. The fourth-order valence-electron chi connectivity index (χ4n) is 2.47. The minimum Gasteiger partial charge on any atom is -0.388 e. The molecule has 1 saturated heterocycles. The third-order valence-corrected chi connectivity index (χ3v) is 3.56. The fourth-order valence-corrected chi connectivity index (χ4v) is 2.47. The average Bonchev–Trinajstić information content (AvgIpc) is 2.78. The van der Waals surface area contributed by atoms with Crippen LogP contribution in [0.5, 0.6) is 0 Å². The topological polar surface area (TPSA) is 53.4 Å². The van der Waals surface area contributed by atoms with E-state index in [1.165, 1.54) is 0 Å². The lowest BCUT2D eigenvalue weighted by molar-refractivity contribution is 0.0569. The van der Waals surface area contributed by atoms with Crippen molar-refractivity contribution in [3.8, 4) is 0 Å². The van der Waals surface area contributed by atoms with Gasteiger partial charge in [0.15, 0.2) is 0 Å². The van der Waals surface area contributed by atoms with E-state index in [0.717, 1.165) is 10.9 Å².